The topological polar surface area (TPSA) is 35.4 Å². The smallest absolute Gasteiger partial charge is 0.137 e. The molecule has 3 atom stereocenters. The van der Waals surface area contributed by atoms with Crippen LogP contribution in [-0.4, -0.2) is 14.8 Å². The molecule has 0 saturated heterocycles. The number of benzene rings is 11. The van der Waals surface area contributed by atoms with Gasteiger partial charge in [0.1, 0.15) is 11.2 Å². The molecule has 15 rings (SSSR count). The van der Waals surface area contributed by atoms with E-state index >= 15 is 0 Å². The number of hydrogen-bond donors (Lipinski definition) is 0. The maximum atomic E-state index is 6.86. The van der Waals surface area contributed by atoms with Crippen molar-refractivity contribution in [2.75, 3.05) is 0 Å². The van der Waals surface area contributed by atoms with Crippen LogP contribution in [0.4, 0.5) is 0 Å². The molecule has 3 aromatic heterocycles. The molecule has 4 nitrogen and oxygen atoms in total. The number of nitrogens with zero attached hydrogens (tertiary/aromatic N) is 3. The van der Waals surface area contributed by atoms with Crippen LogP contribution in [0.2, 0.25) is 0 Å². The minimum Gasteiger partial charge on any atom is -0.456 e. The van der Waals surface area contributed by atoms with Crippen LogP contribution >= 0.6 is 0 Å². The van der Waals surface area contributed by atoms with Gasteiger partial charge in [0.05, 0.1) is 33.8 Å². The SMILES string of the molecule is CCC1/C(c2cccc(-c3ccccc3)c2)=C/CC(C)C(c2cc3c(cc2-n2c4cc5ccccc5cc4c4cc5ccccc5cc42)oc2ccccc23)=NC1c1cccc2c1c1ccccc1n2-c1ccccc1. The molecule has 4 heterocycles. The van der Waals surface area contributed by atoms with Gasteiger partial charge in [-0.3, -0.25) is 4.99 Å². The first kappa shape index (κ1) is 44.3. The second kappa shape index (κ2) is 17.7. The van der Waals surface area contributed by atoms with Gasteiger partial charge in [0.2, 0.25) is 0 Å². The average molecular weight is 976 g/mol. The summed E-state index contributed by atoms with van der Waals surface area (Å²) >= 11 is 0. The summed E-state index contributed by atoms with van der Waals surface area (Å²) in [5, 5.41) is 12.0. The Balaban J connectivity index is 1.05. The van der Waals surface area contributed by atoms with Crippen LogP contribution in [-0.2, 0) is 0 Å². The molecule has 0 N–H and O–H groups in total. The molecule has 4 heteroatoms. The lowest BCUT2D eigenvalue weighted by Crippen LogP contribution is -2.23. The number of aromatic nitrogens is 2. The average Bonchev–Trinajstić information content (AvgIpc) is 4.17. The van der Waals surface area contributed by atoms with Crippen molar-refractivity contribution in [3.05, 3.63) is 259 Å². The summed E-state index contributed by atoms with van der Waals surface area (Å²) in [6.45, 7) is 4.76. The number of para-hydroxylation sites is 3. The lowest BCUT2D eigenvalue weighted by atomic mass is 9.77. The molecule has 11 aromatic carbocycles. The molecule has 0 spiro atoms. The minimum absolute atomic E-state index is 0.0293. The van der Waals surface area contributed by atoms with Crippen molar-refractivity contribution >= 4 is 98.4 Å². The summed E-state index contributed by atoms with van der Waals surface area (Å²) in [6.07, 6.45) is 4.27. The quantitative estimate of drug-likeness (QED) is 0.157. The number of furan rings is 1. The summed E-state index contributed by atoms with van der Waals surface area (Å²) in [5.41, 5.74) is 17.1. The molecule has 0 aliphatic carbocycles. The second-order valence-corrected chi connectivity index (χ2v) is 20.9. The van der Waals surface area contributed by atoms with Gasteiger partial charge in [0.15, 0.2) is 0 Å². The molecular formula is C72H53N3O. The predicted octanol–water partition coefficient (Wildman–Crippen LogP) is 19.4. The Bertz CT molecular complexity index is 4590. The Kier molecular flexibility index (Phi) is 10.3. The van der Waals surface area contributed by atoms with E-state index in [0.29, 0.717) is 0 Å². The van der Waals surface area contributed by atoms with Gasteiger partial charge in [-0.15, -0.1) is 0 Å². The zero-order valence-corrected chi connectivity index (χ0v) is 42.5. The van der Waals surface area contributed by atoms with Gasteiger partial charge in [0.25, 0.3) is 0 Å². The van der Waals surface area contributed by atoms with E-state index < -0.39 is 0 Å². The Morgan fingerprint density at radius 3 is 1.78 bits per heavy atom. The fraction of sp³-hybridized carbons (Fsp3) is 0.0972. The zero-order valence-electron chi connectivity index (χ0n) is 42.5. The number of fused-ring (bicyclic) bond motifs is 11. The van der Waals surface area contributed by atoms with Crippen LogP contribution < -0.4 is 0 Å². The van der Waals surface area contributed by atoms with E-state index in [-0.39, 0.29) is 17.9 Å². The molecule has 0 bridgehead atoms. The summed E-state index contributed by atoms with van der Waals surface area (Å²) in [5.74, 6) is 0.0625. The summed E-state index contributed by atoms with van der Waals surface area (Å²) in [6, 6.07) is 86.8. The van der Waals surface area contributed by atoms with Crippen LogP contribution in [0.1, 0.15) is 49.4 Å². The highest BCUT2D eigenvalue weighted by Gasteiger charge is 2.34. The Morgan fingerprint density at radius 1 is 0.461 bits per heavy atom. The van der Waals surface area contributed by atoms with Gasteiger partial charge in [-0.2, -0.15) is 0 Å². The maximum absolute atomic E-state index is 6.86. The lowest BCUT2D eigenvalue weighted by molar-refractivity contribution is 0.516. The normalized spacial score (nSPS) is 17.0. The molecule has 1 aliphatic rings. The molecule has 0 saturated carbocycles. The molecule has 362 valence electrons. The van der Waals surface area contributed by atoms with Crippen LogP contribution in [0.25, 0.3) is 115 Å². The van der Waals surface area contributed by atoms with Crippen LogP contribution in [0, 0.1) is 11.8 Å². The van der Waals surface area contributed by atoms with E-state index in [9.17, 15) is 0 Å². The fourth-order valence-electron chi connectivity index (χ4n) is 13.0. The van der Waals surface area contributed by atoms with Gasteiger partial charge in [-0.05, 0) is 129 Å². The minimum atomic E-state index is -0.260. The Labute approximate surface area is 441 Å². The highest BCUT2D eigenvalue weighted by molar-refractivity contribution is 6.19. The molecule has 0 amide bonds. The van der Waals surface area contributed by atoms with E-state index in [0.717, 1.165) is 68.5 Å². The highest BCUT2D eigenvalue weighted by atomic mass is 16.3. The van der Waals surface area contributed by atoms with E-state index in [4.69, 9.17) is 9.41 Å². The lowest BCUT2D eigenvalue weighted by Gasteiger charge is -2.32. The van der Waals surface area contributed by atoms with Crippen LogP contribution in [0.5, 0.6) is 0 Å². The van der Waals surface area contributed by atoms with E-state index in [1.54, 1.807) is 0 Å². The van der Waals surface area contributed by atoms with Crippen molar-refractivity contribution in [2.24, 2.45) is 16.8 Å². The first-order valence-corrected chi connectivity index (χ1v) is 26.9. The number of rotatable bonds is 7. The van der Waals surface area contributed by atoms with Gasteiger partial charge in [-0.25, -0.2) is 0 Å². The highest BCUT2D eigenvalue weighted by Crippen LogP contribution is 2.48. The first-order valence-electron chi connectivity index (χ1n) is 26.9. The number of allylic oxidation sites excluding steroid dienone is 1. The second-order valence-electron chi connectivity index (χ2n) is 20.9. The van der Waals surface area contributed by atoms with E-state index in [1.807, 2.05) is 0 Å². The van der Waals surface area contributed by atoms with Crippen molar-refractivity contribution < 1.29 is 4.42 Å². The van der Waals surface area contributed by atoms with Crippen molar-refractivity contribution in [1.29, 1.82) is 0 Å². The number of hydrogen-bond acceptors (Lipinski definition) is 2. The fourth-order valence-corrected chi connectivity index (χ4v) is 13.0. The third-order valence-corrected chi connectivity index (χ3v) is 16.5. The molecule has 14 aromatic rings. The summed E-state index contributed by atoms with van der Waals surface area (Å²) < 4.78 is 11.8. The van der Waals surface area contributed by atoms with E-state index in [2.05, 4.69) is 266 Å². The van der Waals surface area contributed by atoms with Crippen LogP contribution in [0.3, 0.4) is 0 Å². The van der Waals surface area contributed by atoms with Gasteiger partial charge in [0, 0.05) is 67.2 Å². The summed E-state index contributed by atoms with van der Waals surface area (Å²) in [4.78, 5) is 6.43. The van der Waals surface area contributed by atoms with Crippen molar-refractivity contribution in [1.82, 2.24) is 9.13 Å². The first-order chi connectivity index (χ1) is 37.6. The zero-order chi connectivity index (χ0) is 50.4. The Hall–Kier alpha value is -9.25. The summed E-state index contributed by atoms with van der Waals surface area (Å²) in [7, 11) is 0. The maximum Gasteiger partial charge on any atom is 0.137 e. The van der Waals surface area contributed by atoms with Gasteiger partial charge >= 0.3 is 0 Å². The molecule has 0 fully saturated rings. The van der Waals surface area contributed by atoms with Crippen molar-refractivity contribution in [3.63, 3.8) is 0 Å². The molecule has 0 radical (unpaired) electrons. The van der Waals surface area contributed by atoms with Crippen molar-refractivity contribution in [3.8, 4) is 22.5 Å². The molecule has 76 heavy (non-hydrogen) atoms. The third-order valence-electron chi connectivity index (χ3n) is 16.5. The van der Waals surface area contributed by atoms with Crippen LogP contribution in [0.15, 0.2) is 252 Å². The van der Waals surface area contributed by atoms with Gasteiger partial charge < -0.3 is 13.6 Å². The molecular weight excluding hydrogens is 923 g/mol. The third kappa shape index (κ3) is 7.01. The molecule has 3 unspecified atom stereocenters. The largest absolute Gasteiger partial charge is 0.456 e. The monoisotopic (exact) mass is 975 g/mol. The van der Waals surface area contributed by atoms with E-state index in [1.165, 1.54) is 82.0 Å². The standard InChI is InChI=1S/C72H53N3O/c1-3-54-55(52-27-18-26-47(38-52)46-20-6-4-7-21-46)37-36-45(2)71(73-72(54)58-32-19-34-64-70(58)57-31-14-16-33-63(57)74(64)53-28-8-5-9-29-53)62-43-61-56-30-15-17-35-68(56)76-69(61)44-67(62)75-65-41-50-24-12-10-22-48(50)39-59(65)60-40-49-23-11-13-25-51(49)42-66(60)75/h4-35,37-45,54,72H,3,36H2,1-2H3/b55-37+,73-71?. The van der Waals surface area contributed by atoms with Crippen molar-refractivity contribution in [2.45, 2.75) is 32.7 Å². The van der Waals surface area contributed by atoms with Gasteiger partial charge in [-0.1, -0.05) is 184 Å². The Morgan fingerprint density at radius 2 is 1.05 bits per heavy atom. The molecule has 1 aliphatic heterocycles. The predicted molar refractivity (Wildman–Crippen MR) is 321 cm³/mol. The number of aliphatic imine (C=N–C) groups is 1.